The second kappa shape index (κ2) is 4.02. The lowest BCUT2D eigenvalue weighted by molar-refractivity contribution is 1.03. The van der Waals surface area contributed by atoms with Crippen molar-refractivity contribution in [3.05, 3.63) is 72.6 Å². The zero-order valence-electron chi connectivity index (χ0n) is 10.3. The number of pyridine rings is 2. The Morgan fingerprint density at radius 1 is 0.789 bits per heavy atom. The monoisotopic (exact) mass is 244 g/mol. The van der Waals surface area contributed by atoms with Gasteiger partial charge in [0.2, 0.25) is 0 Å². The first kappa shape index (κ1) is 10.4. The van der Waals surface area contributed by atoms with Crippen molar-refractivity contribution in [2.24, 2.45) is 0 Å². The minimum absolute atomic E-state index is 0.295. The van der Waals surface area contributed by atoms with E-state index in [-0.39, 0.29) is 0 Å². The molecule has 2 heteroatoms. The van der Waals surface area contributed by atoms with Crippen LogP contribution >= 0.6 is 0 Å². The Kier molecular flexibility index (Phi) is 2.21. The van der Waals surface area contributed by atoms with Crippen molar-refractivity contribution >= 4 is 21.8 Å². The van der Waals surface area contributed by atoms with Gasteiger partial charge in [0, 0.05) is 22.9 Å². The first-order valence-corrected chi connectivity index (χ1v) is 6.41. The molecule has 0 unspecified atom stereocenters. The second-order valence-electron chi connectivity index (χ2n) is 4.74. The van der Waals surface area contributed by atoms with E-state index in [0.29, 0.717) is 5.92 Å². The van der Waals surface area contributed by atoms with E-state index in [1.54, 1.807) is 0 Å². The van der Waals surface area contributed by atoms with Gasteiger partial charge in [0.25, 0.3) is 0 Å². The van der Waals surface area contributed by atoms with Crippen molar-refractivity contribution in [1.29, 1.82) is 0 Å². The topological polar surface area (TPSA) is 25.8 Å². The first-order valence-electron chi connectivity index (χ1n) is 6.41. The summed E-state index contributed by atoms with van der Waals surface area (Å²) in [5, 5.41) is 2.28. The minimum Gasteiger partial charge on any atom is -0.254 e. The predicted octanol–water partition coefficient (Wildman–Crippen LogP) is 3.99. The summed E-state index contributed by atoms with van der Waals surface area (Å²) in [5.41, 5.74) is 3.05. The molecule has 0 spiro atoms. The Hall–Kier alpha value is -2.48. The fourth-order valence-electron chi connectivity index (χ4n) is 2.55. The fourth-order valence-corrected chi connectivity index (χ4v) is 2.55. The van der Waals surface area contributed by atoms with Gasteiger partial charge in [-0.15, -0.1) is 0 Å². The lowest BCUT2D eigenvalue weighted by Gasteiger charge is -2.08. The maximum atomic E-state index is 4.82. The Morgan fingerprint density at radius 3 is 2.37 bits per heavy atom. The van der Waals surface area contributed by atoms with Crippen LogP contribution in [0.1, 0.15) is 11.6 Å². The third kappa shape index (κ3) is 1.65. The van der Waals surface area contributed by atoms with Gasteiger partial charge in [-0.25, -0.2) is 4.98 Å². The van der Waals surface area contributed by atoms with Crippen LogP contribution in [0.15, 0.2) is 66.9 Å². The maximum Gasteiger partial charge on any atom is 0.0968 e. The number of allylic oxidation sites excluding steroid dienone is 4. The summed E-state index contributed by atoms with van der Waals surface area (Å²) < 4.78 is 0. The van der Waals surface area contributed by atoms with Crippen molar-refractivity contribution < 1.29 is 0 Å². The quantitative estimate of drug-likeness (QED) is 0.605. The molecule has 0 amide bonds. The third-order valence-corrected chi connectivity index (χ3v) is 3.54. The molecule has 4 rings (SSSR count). The minimum atomic E-state index is 0.295. The van der Waals surface area contributed by atoms with Crippen LogP contribution in [0.5, 0.6) is 0 Å². The van der Waals surface area contributed by atoms with Gasteiger partial charge >= 0.3 is 0 Å². The summed E-state index contributed by atoms with van der Waals surface area (Å²) in [6, 6.07) is 12.5. The van der Waals surface area contributed by atoms with Crippen molar-refractivity contribution in [2.75, 3.05) is 0 Å². The molecule has 0 N–H and O–H groups in total. The van der Waals surface area contributed by atoms with E-state index in [9.17, 15) is 0 Å². The van der Waals surface area contributed by atoms with Crippen molar-refractivity contribution in [3.8, 4) is 0 Å². The summed E-state index contributed by atoms with van der Waals surface area (Å²) in [4.78, 5) is 9.30. The summed E-state index contributed by atoms with van der Waals surface area (Å²) >= 11 is 0. The fraction of sp³-hybridized carbons (Fsp3) is 0.0588. The van der Waals surface area contributed by atoms with E-state index in [1.807, 2.05) is 12.3 Å². The van der Waals surface area contributed by atoms with Crippen molar-refractivity contribution in [1.82, 2.24) is 9.97 Å². The molecule has 90 valence electrons. The van der Waals surface area contributed by atoms with Gasteiger partial charge in [-0.3, -0.25) is 4.98 Å². The largest absolute Gasteiger partial charge is 0.254 e. The van der Waals surface area contributed by atoms with Crippen LogP contribution < -0.4 is 0 Å². The Bertz CT molecular complexity index is 819. The first-order chi connectivity index (χ1) is 9.42. The average Bonchev–Trinajstić information content (AvgIpc) is 3.01. The van der Waals surface area contributed by atoms with Crippen LogP contribution in [0.2, 0.25) is 0 Å². The molecule has 2 aromatic heterocycles. The Morgan fingerprint density at radius 2 is 1.53 bits per heavy atom. The zero-order valence-corrected chi connectivity index (χ0v) is 10.3. The highest BCUT2D eigenvalue weighted by Gasteiger charge is 2.10. The molecule has 0 radical (unpaired) electrons. The number of nitrogens with zero attached hydrogens (tertiary/aromatic N) is 2. The van der Waals surface area contributed by atoms with E-state index in [0.717, 1.165) is 27.5 Å². The molecule has 1 aliphatic carbocycles. The number of hydrogen-bond donors (Lipinski definition) is 0. The molecule has 0 fully saturated rings. The van der Waals surface area contributed by atoms with Gasteiger partial charge in [0.15, 0.2) is 0 Å². The molecule has 0 saturated heterocycles. The summed E-state index contributed by atoms with van der Waals surface area (Å²) in [7, 11) is 0. The van der Waals surface area contributed by atoms with E-state index >= 15 is 0 Å². The van der Waals surface area contributed by atoms with Gasteiger partial charge < -0.3 is 0 Å². The van der Waals surface area contributed by atoms with Crippen molar-refractivity contribution in [3.63, 3.8) is 0 Å². The SMILES string of the molecule is C1=CC(c2ccc3ccc4cccnc4c3n2)C=C1. The van der Waals surface area contributed by atoms with Crippen LogP contribution in [0.25, 0.3) is 21.8 Å². The molecule has 0 bridgehead atoms. The molecule has 3 aromatic rings. The lowest BCUT2D eigenvalue weighted by atomic mass is 10.0. The van der Waals surface area contributed by atoms with Crippen LogP contribution in [0.4, 0.5) is 0 Å². The lowest BCUT2D eigenvalue weighted by Crippen LogP contribution is -1.95. The highest BCUT2D eigenvalue weighted by Crippen LogP contribution is 2.26. The molecule has 0 atom stereocenters. The molecule has 1 aromatic carbocycles. The molecule has 0 aliphatic heterocycles. The number of fused-ring (bicyclic) bond motifs is 3. The van der Waals surface area contributed by atoms with E-state index in [1.165, 1.54) is 0 Å². The molecule has 2 nitrogen and oxygen atoms in total. The van der Waals surface area contributed by atoms with Gasteiger partial charge in [-0.2, -0.15) is 0 Å². The molecule has 0 saturated carbocycles. The number of rotatable bonds is 1. The van der Waals surface area contributed by atoms with Crippen LogP contribution in [-0.4, -0.2) is 9.97 Å². The normalized spacial score (nSPS) is 14.7. The van der Waals surface area contributed by atoms with E-state index < -0.39 is 0 Å². The Balaban J connectivity index is 2.02. The number of benzene rings is 1. The summed E-state index contributed by atoms with van der Waals surface area (Å²) in [5.74, 6) is 0.295. The van der Waals surface area contributed by atoms with E-state index in [4.69, 9.17) is 4.98 Å². The molecule has 2 heterocycles. The molecule has 19 heavy (non-hydrogen) atoms. The highest BCUT2D eigenvalue weighted by molar-refractivity contribution is 6.02. The van der Waals surface area contributed by atoms with Gasteiger partial charge in [-0.1, -0.05) is 48.6 Å². The van der Waals surface area contributed by atoms with Gasteiger partial charge in [0.1, 0.15) is 0 Å². The van der Waals surface area contributed by atoms with Gasteiger partial charge in [0.05, 0.1) is 16.7 Å². The summed E-state index contributed by atoms with van der Waals surface area (Å²) in [6.45, 7) is 0. The molecular weight excluding hydrogens is 232 g/mol. The average molecular weight is 244 g/mol. The van der Waals surface area contributed by atoms with Crippen LogP contribution in [0, 0.1) is 0 Å². The number of aromatic nitrogens is 2. The van der Waals surface area contributed by atoms with Gasteiger partial charge in [-0.05, 0) is 12.1 Å². The summed E-state index contributed by atoms with van der Waals surface area (Å²) in [6.07, 6.45) is 10.3. The smallest absolute Gasteiger partial charge is 0.0968 e. The molecule has 1 aliphatic rings. The standard InChI is InChI=1S/C17H12N2/c1-2-5-12(4-1)15-10-9-14-8-7-13-6-3-11-18-16(13)17(14)19-15/h1-12H. The molecular formula is C17H12N2. The highest BCUT2D eigenvalue weighted by atomic mass is 14.8. The van der Waals surface area contributed by atoms with Crippen LogP contribution in [-0.2, 0) is 0 Å². The van der Waals surface area contributed by atoms with Crippen molar-refractivity contribution in [2.45, 2.75) is 5.92 Å². The Labute approximate surface area is 111 Å². The zero-order chi connectivity index (χ0) is 12.7. The van der Waals surface area contributed by atoms with E-state index in [2.05, 4.69) is 59.6 Å². The maximum absolute atomic E-state index is 4.82. The predicted molar refractivity (Wildman–Crippen MR) is 78.1 cm³/mol. The second-order valence-corrected chi connectivity index (χ2v) is 4.74. The number of hydrogen-bond acceptors (Lipinski definition) is 2. The third-order valence-electron chi connectivity index (χ3n) is 3.54. The van der Waals surface area contributed by atoms with Crippen LogP contribution in [0.3, 0.4) is 0 Å².